The minimum Gasteiger partial charge on any atom is -0.368 e. The van der Waals surface area contributed by atoms with E-state index in [1.165, 1.54) is 17.3 Å². The van der Waals surface area contributed by atoms with Gasteiger partial charge in [-0.3, -0.25) is 9.36 Å². The number of nitrogens with zero attached hydrogens (tertiary/aromatic N) is 3. The fourth-order valence-electron chi connectivity index (χ4n) is 2.60. The van der Waals surface area contributed by atoms with E-state index >= 15 is 0 Å². The monoisotopic (exact) mass is 345 g/mol. The summed E-state index contributed by atoms with van der Waals surface area (Å²) in [5.41, 5.74) is 8.25. The lowest BCUT2D eigenvalue weighted by Gasteiger charge is -2.14. The SMILES string of the molecule is CCc1ccc(C(C)NC(=O)CSc2nnc(N)n2C2CC2)cc1. The molecule has 128 valence electrons. The number of anilines is 1. The Labute approximate surface area is 146 Å². The first-order chi connectivity index (χ1) is 11.6. The number of nitrogen functional groups attached to an aromatic ring is 1. The van der Waals surface area contributed by atoms with Crippen LogP contribution in [0.2, 0.25) is 0 Å². The maximum Gasteiger partial charge on any atom is 0.230 e. The van der Waals surface area contributed by atoms with Gasteiger partial charge in [0, 0.05) is 6.04 Å². The fourth-order valence-corrected chi connectivity index (χ4v) is 3.43. The summed E-state index contributed by atoms with van der Waals surface area (Å²) >= 11 is 1.38. The molecule has 7 heteroatoms. The number of rotatable bonds is 7. The van der Waals surface area contributed by atoms with Gasteiger partial charge in [0.2, 0.25) is 11.9 Å². The molecule has 2 aromatic rings. The minimum absolute atomic E-state index is 0.0176. The molecule has 6 nitrogen and oxygen atoms in total. The summed E-state index contributed by atoms with van der Waals surface area (Å²) in [4.78, 5) is 12.2. The Kier molecular flexibility index (Phi) is 5.08. The summed E-state index contributed by atoms with van der Waals surface area (Å²) in [5, 5.41) is 11.7. The Morgan fingerprint density at radius 1 is 1.38 bits per heavy atom. The second kappa shape index (κ2) is 7.25. The third-order valence-electron chi connectivity index (χ3n) is 4.20. The van der Waals surface area contributed by atoms with E-state index in [2.05, 4.69) is 46.7 Å². The van der Waals surface area contributed by atoms with Crippen molar-refractivity contribution in [1.29, 1.82) is 0 Å². The van der Waals surface area contributed by atoms with Gasteiger partial charge in [-0.05, 0) is 37.3 Å². The van der Waals surface area contributed by atoms with Gasteiger partial charge in [0.15, 0.2) is 5.16 Å². The average molecular weight is 345 g/mol. The first-order valence-electron chi connectivity index (χ1n) is 8.30. The largest absolute Gasteiger partial charge is 0.368 e. The molecule has 1 amide bonds. The molecule has 1 heterocycles. The topological polar surface area (TPSA) is 85.8 Å². The molecule has 0 radical (unpaired) electrons. The van der Waals surface area contributed by atoms with Crippen molar-refractivity contribution in [2.45, 2.75) is 50.4 Å². The lowest BCUT2D eigenvalue weighted by Crippen LogP contribution is -2.28. The number of hydrogen-bond acceptors (Lipinski definition) is 5. The minimum atomic E-state index is -0.0182. The predicted molar refractivity (Wildman–Crippen MR) is 95.8 cm³/mol. The van der Waals surface area contributed by atoms with Gasteiger partial charge in [0.25, 0.3) is 0 Å². The first-order valence-corrected chi connectivity index (χ1v) is 9.28. The van der Waals surface area contributed by atoms with Gasteiger partial charge in [-0.2, -0.15) is 0 Å². The molecule has 0 spiro atoms. The second-order valence-corrected chi connectivity index (χ2v) is 7.06. The quantitative estimate of drug-likeness (QED) is 0.754. The van der Waals surface area contributed by atoms with Gasteiger partial charge < -0.3 is 11.1 Å². The lowest BCUT2D eigenvalue weighted by molar-refractivity contribution is -0.119. The third-order valence-corrected chi connectivity index (χ3v) is 5.14. The van der Waals surface area contributed by atoms with Gasteiger partial charge in [0.1, 0.15) is 0 Å². The summed E-state index contributed by atoms with van der Waals surface area (Å²) < 4.78 is 1.94. The highest BCUT2D eigenvalue weighted by Crippen LogP contribution is 2.39. The molecule has 1 aliphatic rings. The molecule has 1 aromatic carbocycles. The first kappa shape index (κ1) is 16.8. The lowest BCUT2D eigenvalue weighted by atomic mass is 10.1. The van der Waals surface area contributed by atoms with Crippen molar-refractivity contribution in [3.8, 4) is 0 Å². The van der Waals surface area contributed by atoms with E-state index < -0.39 is 0 Å². The van der Waals surface area contributed by atoms with Crippen molar-refractivity contribution < 1.29 is 4.79 Å². The number of carbonyl (C=O) groups excluding carboxylic acids is 1. The molecule has 24 heavy (non-hydrogen) atoms. The molecule has 0 saturated heterocycles. The summed E-state index contributed by atoms with van der Waals surface area (Å²) in [6.45, 7) is 4.12. The van der Waals surface area contributed by atoms with Crippen molar-refractivity contribution in [2.75, 3.05) is 11.5 Å². The Bertz CT molecular complexity index is 708. The van der Waals surface area contributed by atoms with E-state index in [1.807, 2.05) is 11.5 Å². The van der Waals surface area contributed by atoms with Gasteiger partial charge >= 0.3 is 0 Å². The van der Waals surface area contributed by atoms with E-state index in [0.29, 0.717) is 17.7 Å². The highest BCUT2D eigenvalue weighted by molar-refractivity contribution is 7.99. The van der Waals surface area contributed by atoms with Crippen molar-refractivity contribution in [1.82, 2.24) is 20.1 Å². The van der Waals surface area contributed by atoms with Crippen LogP contribution in [0.5, 0.6) is 0 Å². The molecule has 1 atom stereocenters. The molecule has 1 fully saturated rings. The number of carbonyl (C=O) groups is 1. The van der Waals surface area contributed by atoms with Crippen molar-refractivity contribution in [3.63, 3.8) is 0 Å². The smallest absolute Gasteiger partial charge is 0.230 e. The highest BCUT2D eigenvalue weighted by atomic mass is 32.2. The molecule has 0 bridgehead atoms. The molecule has 1 aromatic heterocycles. The van der Waals surface area contributed by atoms with Crippen LogP contribution in [-0.4, -0.2) is 26.4 Å². The predicted octanol–water partition coefficient (Wildman–Crippen LogP) is 2.73. The molecule has 3 rings (SSSR count). The van der Waals surface area contributed by atoms with E-state index in [4.69, 9.17) is 5.73 Å². The zero-order valence-electron chi connectivity index (χ0n) is 14.0. The number of aryl methyl sites for hydroxylation is 1. The Balaban J connectivity index is 1.53. The highest BCUT2D eigenvalue weighted by Gasteiger charge is 2.29. The van der Waals surface area contributed by atoms with Gasteiger partial charge in [0.05, 0.1) is 11.8 Å². The van der Waals surface area contributed by atoms with Crippen LogP contribution in [0.25, 0.3) is 0 Å². The zero-order valence-corrected chi connectivity index (χ0v) is 14.8. The maximum atomic E-state index is 12.2. The van der Waals surface area contributed by atoms with E-state index in [0.717, 1.165) is 30.0 Å². The van der Waals surface area contributed by atoms with Crippen LogP contribution in [0.1, 0.15) is 49.9 Å². The normalized spacial score (nSPS) is 15.2. The van der Waals surface area contributed by atoms with Crippen LogP contribution in [0.3, 0.4) is 0 Å². The number of thioether (sulfide) groups is 1. The molecular formula is C17H23N5OS. The molecule has 1 saturated carbocycles. The van der Waals surface area contributed by atoms with Crippen LogP contribution < -0.4 is 11.1 Å². The average Bonchev–Trinajstić information content (AvgIpc) is 3.35. The van der Waals surface area contributed by atoms with Crippen LogP contribution in [-0.2, 0) is 11.2 Å². The summed E-state index contributed by atoms with van der Waals surface area (Å²) in [6, 6.07) is 8.74. The second-order valence-electron chi connectivity index (χ2n) is 6.11. The molecule has 1 aliphatic carbocycles. The molecule has 3 N–H and O–H groups in total. The van der Waals surface area contributed by atoms with Crippen LogP contribution in [0.15, 0.2) is 29.4 Å². The fraction of sp³-hybridized carbons (Fsp3) is 0.471. The number of nitrogens with one attached hydrogen (secondary N) is 1. The van der Waals surface area contributed by atoms with Crippen molar-refractivity contribution in [2.24, 2.45) is 0 Å². The van der Waals surface area contributed by atoms with Crippen molar-refractivity contribution >= 4 is 23.6 Å². The van der Waals surface area contributed by atoms with E-state index in [9.17, 15) is 4.79 Å². The Hall–Kier alpha value is -2.02. The van der Waals surface area contributed by atoms with Crippen molar-refractivity contribution in [3.05, 3.63) is 35.4 Å². The van der Waals surface area contributed by atoms with Crippen LogP contribution >= 0.6 is 11.8 Å². The molecule has 1 unspecified atom stereocenters. The third kappa shape index (κ3) is 3.90. The zero-order chi connectivity index (χ0) is 17.1. The van der Waals surface area contributed by atoms with E-state index in [-0.39, 0.29) is 11.9 Å². The number of amides is 1. The Morgan fingerprint density at radius 3 is 2.71 bits per heavy atom. The Morgan fingerprint density at radius 2 is 2.08 bits per heavy atom. The maximum absolute atomic E-state index is 12.2. The van der Waals surface area contributed by atoms with Gasteiger partial charge in [-0.15, -0.1) is 10.2 Å². The van der Waals surface area contributed by atoms with Crippen LogP contribution in [0, 0.1) is 0 Å². The van der Waals surface area contributed by atoms with E-state index in [1.54, 1.807) is 0 Å². The summed E-state index contributed by atoms with van der Waals surface area (Å²) in [7, 11) is 0. The standard InChI is InChI=1S/C17H23N5OS/c1-3-12-4-6-13(7-5-12)11(2)19-15(23)10-24-17-21-20-16(18)22(17)14-8-9-14/h4-7,11,14H,3,8-10H2,1-2H3,(H2,18,20)(H,19,23). The van der Waals surface area contributed by atoms with Gasteiger partial charge in [-0.1, -0.05) is 43.0 Å². The number of aromatic nitrogens is 3. The number of hydrogen-bond donors (Lipinski definition) is 2. The van der Waals surface area contributed by atoms with Gasteiger partial charge in [-0.25, -0.2) is 0 Å². The molecular weight excluding hydrogens is 322 g/mol. The summed E-state index contributed by atoms with van der Waals surface area (Å²) in [5.74, 6) is 0.725. The number of benzene rings is 1. The summed E-state index contributed by atoms with van der Waals surface area (Å²) in [6.07, 6.45) is 3.22. The van der Waals surface area contributed by atoms with Crippen LogP contribution in [0.4, 0.5) is 5.95 Å². The molecule has 0 aliphatic heterocycles. The number of nitrogens with two attached hydrogens (primary N) is 1.